The lowest BCUT2D eigenvalue weighted by molar-refractivity contribution is 1.61. The van der Waals surface area contributed by atoms with Gasteiger partial charge in [0.2, 0.25) is 0 Å². The summed E-state index contributed by atoms with van der Waals surface area (Å²) >= 11 is 3.70. The summed E-state index contributed by atoms with van der Waals surface area (Å²) in [5.41, 5.74) is 17.0. The predicted octanol–water partition coefficient (Wildman–Crippen LogP) is 20.8. The van der Waals surface area contributed by atoms with E-state index in [1.54, 1.807) is 0 Å². The van der Waals surface area contributed by atoms with Crippen LogP contribution < -0.4 is 0 Å². The number of hydrogen-bond acceptors (Lipinski definition) is 2. The maximum Gasteiger partial charge on any atom is 0.0349 e. The van der Waals surface area contributed by atoms with Crippen LogP contribution in [-0.2, 0) is 0 Å². The van der Waals surface area contributed by atoms with Crippen LogP contribution in [0.5, 0.6) is 0 Å². The third-order valence-corrected chi connectivity index (χ3v) is 16.3. The minimum absolute atomic E-state index is 1.18. The molecule has 0 nitrogen and oxygen atoms in total. The predicted molar refractivity (Wildman–Crippen MR) is 314 cm³/mol. The molecule has 0 amide bonds. The van der Waals surface area contributed by atoms with Gasteiger partial charge in [-0.3, -0.25) is 0 Å². The highest BCUT2D eigenvalue weighted by atomic mass is 32.1. The van der Waals surface area contributed by atoms with Crippen LogP contribution in [0.25, 0.3) is 131 Å². The molecule has 0 spiro atoms. The first-order chi connectivity index (χ1) is 35.6. The van der Waals surface area contributed by atoms with Crippen LogP contribution >= 0.6 is 22.7 Å². The number of hydrogen-bond donors (Lipinski definition) is 0. The molecule has 0 saturated heterocycles. The molecule has 72 heavy (non-hydrogen) atoms. The highest BCUT2D eigenvalue weighted by Crippen LogP contribution is 2.47. The van der Waals surface area contributed by atoms with E-state index in [4.69, 9.17) is 0 Å². The van der Waals surface area contributed by atoms with Crippen molar-refractivity contribution >= 4 is 67.1 Å². The normalized spacial score (nSPS) is 11.6. The maximum absolute atomic E-state index is 2.45. The molecule has 13 aromatic rings. The summed E-state index contributed by atoms with van der Waals surface area (Å²) in [7, 11) is 0. The van der Waals surface area contributed by atoms with E-state index < -0.39 is 0 Å². The summed E-state index contributed by atoms with van der Waals surface area (Å²) in [6, 6.07) is 98.1. The quantitative estimate of drug-likeness (QED) is 0.0947. The summed E-state index contributed by atoms with van der Waals surface area (Å²) in [5, 5.41) is 7.39. The fraction of sp³-hybridized carbons (Fsp3) is 0. The second-order valence-electron chi connectivity index (χ2n) is 18.4. The van der Waals surface area contributed by atoms with Crippen molar-refractivity contribution in [1.82, 2.24) is 0 Å². The van der Waals surface area contributed by atoms with E-state index in [0.717, 1.165) is 0 Å². The Kier molecular flexibility index (Phi) is 11.4. The minimum Gasteiger partial charge on any atom is -0.135 e. The van der Waals surface area contributed by atoms with Crippen molar-refractivity contribution in [3.8, 4) is 86.3 Å². The molecular formula is C70H46S2. The minimum atomic E-state index is 1.18. The van der Waals surface area contributed by atoms with Gasteiger partial charge in [-0.2, -0.15) is 0 Å². The average Bonchev–Trinajstić information content (AvgIpc) is 4.17. The molecule has 2 heteroatoms. The van der Waals surface area contributed by atoms with Gasteiger partial charge in [-0.05, 0) is 171 Å². The van der Waals surface area contributed by atoms with Crippen molar-refractivity contribution < 1.29 is 0 Å². The monoisotopic (exact) mass is 950 g/mol. The Morgan fingerprint density at radius 2 is 0.583 bits per heavy atom. The molecule has 11 aromatic carbocycles. The Bertz CT molecular complexity index is 4140. The van der Waals surface area contributed by atoms with Crippen LogP contribution in [0, 0.1) is 0 Å². The zero-order chi connectivity index (χ0) is 47.8. The van der Waals surface area contributed by atoms with E-state index in [1.165, 1.54) is 130 Å². The van der Waals surface area contributed by atoms with Crippen molar-refractivity contribution in [1.29, 1.82) is 0 Å². The summed E-state index contributed by atoms with van der Waals surface area (Å²) in [6.07, 6.45) is 4.37. The van der Waals surface area contributed by atoms with Gasteiger partial charge in [0.05, 0.1) is 0 Å². The highest BCUT2D eigenvalue weighted by molar-refractivity contribution is 7.19. The largest absolute Gasteiger partial charge is 0.135 e. The van der Waals surface area contributed by atoms with Gasteiger partial charge >= 0.3 is 0 Å². The molecule has 0 unspecified atom stereocenters. The van der Waals surface area contributed by atoms with Crippen LogP contribution in [0.4, 0.5) is 0 Å². The van der Waals surface area contributed by atoms with E-state index in [-0.39, 0.29) is 0 Å². The summed E-state index contributed by atoms with van der Waals surface area (Å²) in [4.78, 5) is 5.07. The Balaban J connectivity index is 0.936. The Morgan fingerprint density at radius 3 is 1.15 bits per heavy atom. The molecule has 0 radical (unpaired) electrons. The molecule has 0 aliphatic heterocycles. The second kappa shape index (κ2) is 18.9. The second-order valence-corrected chi connectivity index (χ2v) is 20.6. The van der Waals surface area contributed by atoms with Crippen LogP contribution in [0.2, 0.25) is 0 Å². The standard InChI is InChI=1S/C70H46S2/c1-4-15-47(16-5-1)29-30-48-17-12-22-51(41-48)52-31-32-54-43-55(34-33-53(54)42-52)56-35-36-63-64(46-56)70(60-26-14-24-58(45-60)68-40-38-66(72-68)50-20-8-3-9-21-50)62-28-11-10-27-61(62)69(63)59-25-13-23-57(44-59)67-39-37-65(71-67)49-18-6-2-7-19-49/h1-46H/b30-29+. The smallest absolute Gasteiger partial charge is 0.0349 e. The van der Waals surface area contributed by atoms with Crippen LogP contribution in [0.15, 0.2) is 267 Å². The van der Waals surface area contributed by atoms with Crippen molar-refractivity contribution in [2.75, 3.05) is 0 Å². The molecule has 0 aliphatic carbocycles. The van der Waals surface area contributed by atoms with Gasteiger partial charge in [0.1, 0.15) is 0 Å². The molecule has 2 heterocycles. The van der Waals surface area contributed by atoms with E-state index in [9.17, 15) is 0 Å². The third-order valence-electron chi connectivity index (χ3n) is 13.9. The Hall–Kier alpha value is -8.66. The zero-order valence-electron chi connectivity index (χ0n) is 39.4. The SMILES string of the molecule is C(=C\c1cccc(-c2ccc3cc(-c4ccc5c(-c6cccc(-c7ccc(-c8ccccc8)s7)c6)c6ccccc6c(-c6cccc(-c7ccc(-c8ccccc8)s7)c6)c5c4)ccc3c2)c1)/c1ccccc1. The maximum atomic E-state index is 2.45. The number of rotatable bonds is 10. The molecule has 0 fully saturated rings. The molecule has 2 aromatic heterocycles. The van der Waals surface area contributed by atoms with E-state index in [2.05, 4.69) is 279 Å². The molecule has 338 valence electrons. The number of benzene rings is 11. The summed E-state index contributed by atoms with van der Waals surface area (Å²) < 4.78 is 0. The number of thiophene rings is 2. The first kappa shape index (κ1) is 43.4. The van der Waals surface area contributed by atoms with Gasteiger partial charge in [0.15, 0.2) is 0 Å². The third kappa shape index (κ3) is 8.47. The van der Waals surface area contributed by atoms with Crippen molar-refractivity contribution in [3.05, 3.63) is 278 Å². The van der Waals surface area contributed by atoms with Crippen LogP contribution in [0.3, 0.4) is 0 Å². The van der Waals surface area contributed by atoms with Gasteiger partial charge in [-0.1, -0.05) is 218 Å². The van der Waals surface area contributed by atoms with Crippen LogP contribution in [0.1, 0.15) is 11.1 Å². The topological polar surface area (TPSA) is 0 Å². The molecule has 0 N–H and O–H groups in total. The molecule has 0 atom stereocenters. The van der Waals surface area contributed by atoms with E-state index in [1.807, 2.05) is 22.7 Å². The van der Waals surface area contributed by atoms with Crippen molar-refractivity contribution in [2.24, 2.45) is 0 Å². The molecular weight excluding hydrogens is 905 g/mol. The average molecular weight is 951 g/mol. The Labute approximate surface area is 428 Å². The van der Waals surface area contributed by atoms with Crippen molar-refractivity contribution in [3.63, 3.8) is 0 Å². The molecule has 0 saturated carbocycles. The molecule has 0 bridgehead atoms. The van der Waals surface area contributed by atoms with Gasteiger partial charge in [0.25, 0.3) is 0 Å². The molecule has 13 rings (SSSR count). The first-order valence-corrected chi connectivity index (χ1v) is 26.2. The van der Waals surface area contributed by atoms with E-state index >= 15 is 0 Å². The Morgan fingerprint density at radius 1 is 0.208 bits per heavy atom. The number of fused-ring (bicyclic) bond motifs is 3. The van der Waals surface area contributed by atoms with Gasteiger partial charge in [-0.25, -0.2) is 0 Å². The lowest BCUT2D eigenvalue weighted by Gasteiger charge is -2.19. The molecule has 0 aliphatic rings. The van der Waals surface area contributed by atoms with Gasteiger partial charge in [0, 0.05) is 19.5 Å². The van der Waals surface area contributed by atoms with Crippen molar-refractivity contribution in [2.45, 2.75) is 0 Å². The highest BCUT2D eigenvalue weighted by Gasteiger charge is 2.19. The zero-order valence-corrected chi connectivity index (χ0v) is 41.0. The lowest BCUT2D eigenvalue weighted by Crippen LogP contribution is -1.92. The summed E-state index contributed by atoms with van der Waals surface area (Å²) in [6.45, 7) is 0. The first-order valence-electron chi connectivity index (χ1n) is 24.5. The van der Waals surface area contributed by atoms with Crippen LogP contribution in [-0.4, -0.2) is 0 Å². The van der Waals surface area contributed by atoms with E-state index in [0.29, 0.717) is 0 Å². The van der Waals surface area contributed by atoms with Gasteiger partial charge < -0.3 is 0 Å². The summed E-state index contributed by atoms with van der Waals surface area (Å²) in [5.74, 6) is 0. The fourth-order valence-electron chi connectivity index (χ4n) is 10.3. The van der Waals surface area contributed by atoms with Gasteiger partial charge in [-0.15, -0.1) is 22.7 Å². The fourth-order valence-corrected chi connectivity index (χ4v) is 12.3. The lowest BCUT2D eigenvalue weighted by atomic mass is 9.84.